The molecule has 0 aliphatic carbocycles. The van der Waals surface area contributed by atoms with E-state index < -0.39 is 9.84 Å². The second kappa shape index (κ2) is 16.8. The molecular formula is C53H66N2O2S. The summed E-state index contributed by atoms with van der Waals surface area (Å²) in [7, 11) is -3.81. The first-order chi connectivity index (χ1) is 26.9. The molecule has 58 heavy (non-hydrogen) atoms. The Balaban J connectivity index is 1.51. The second-order valence-electron chi connectivity index (χ2n) is 19.7. The molecule has 0 atom stereocenters. The maximum absolute atomic E-state index is 14.2. The zero-order chi connectivity index (χ0) is 42.8. The van der Waals surface area contributed by atoms with Crippen LogP contribution in [0.4, 0.5) is 28.4 Å². The Morgan fingerprint density at radius 3 is 1.05 bits per heavy atom. The summed E-state index contributed by atoms with van der Waals surface area (Å²) in [4.78, 5) is 4.88. The third-order valence-electron chi connectivity index (χ3n) is 11.0. The monoisotopic (exact) mass is 794 g/mol. The van der Waals surface area contributed by atoms with Crippen LogP contribution in [0.1, 0.15) is 120 Å². The van der Waals surface area contributed by atoms with Gasteiger partial charge in [0.05, 0.1) is 9.79 Å². The van der Waals surface area contributed by atoms with Gasteiger partial charge in [-0.2, -0.15) is 0 Å². The zero-order valence-electron chi connectivity index (χ0n) is 37.5. The van der Waals surface area contributed by atoms with Gasteiger partial charge in [0.15, 0.2) is 0 Å². The van der Waals surface area contributed by atoms with E-state index in [2.05, 4.69) is 192 Å². The topological polar surface area (TPSA) is 40.6 Å². The highest BCUT2D eigenvalue weighted by molar-refractivity contribution is 7.91. The highest BCUT2D eigenvalue weighted by atomic mass is 32.2. The molecule has 0 radical (unpaired) electrons. The maximum Gasteiger partial charge on any atom is 0.206 e. The largest absolute Gasteiger partial charge is 0.315 e. The average Bonchev–Trinajstić information content (AvgIpc) is 3.15. The molecule has 4 nitrogen and oxygen atoms in total. The lowest BCUT2D eigenvalue weighted by Gasteiger charge is -2.28. The molecule has 0 bridgehead atoms. The molecule has 0 aliphatic rings. The minimum Gasteiger partial charge on any atom is -0.315 e. The van der Waals surface area contributed by atoms with Crippen LogP contribution in [0.2, 0.25) is 0 Å². The molecule has 0 spiro atoms. The molecule has 306 valence electrons. The van der Waals surface area contributed by atoms with Crippen LogP contribution in [0.15, 0.2) is 155 Å². The number of anilines is 5. The lowest BCUT2D eigenvalue weighted by atomic mass is 9.84. The highest BCUT2D eigenvalue weighted by Gasteiger charge is 2.23. The Bertz CT molecular complexity index is 2260. The number of sulfone groups is 1. The molecule has 5 heteroatoms. The minimum atomic E-state index is -3.81. The van der Waals surface area contributed by atoms with Crippen molar-refractivity contribution in [3.8, 4) is 0 Å². The van der Waals surface area contributed by atoms with Gasteiger partial charge in [0, 0.05) is 34.1 Å². The van der Waals surface area contributed by atoms with Crippen LogP contribution in [0.25, 0.3) is 0 Å². The van der Waals surface area contributed by atoms with E-state index in [4.69, 9.17) is 0 Å². The van der Waals surface area contributed by atoms with Gasteiger partial charge in [0.2, 0.25) is 9.84 Å². The quantitative estimate of drug-likeness (QED) is 0.132. The molecule has 5 rings (SSSR count). The number of rotatable bonds is 10. The summed E-state index contributed by atoms with van der Waals surface area (Å²) in [6.45, 7) is 31.0. The van der Waals surface area contributed by atoms with E-state index >= 15 is 0 Å². The molecular weight excluding hydrogens is 729 g/mol. The summed E-state index contributed by atoms with van der Waals surface area (Å²) in [6.07, 6.45) is 5.38. The molecule has 0 fully saturated rings. The number of hydrogen-bond donors (Lipinski definition) is 0. The van der Waals surface area contributed by atoms with Crippen molar-refractivity contribution in [2.24, 2.45) is 5.41 Å². The Morgan fingerprint density at radius 1 is 0.466 bits per heavy atom. The molecule has 0 amide bonds. The van der Waals surface area contributed by atoms with E-state index in [-0.39, 0.29) is 31.5 Å². The van der Waals surface area contributed by atoms with Gasteiger partial charge in [-0.25, -0.2) is 8.42 Å². The molecule has 0 aliphatic heterocycles. The van der Waals surface area contributed by atoms with Crippen LogP contribution in [-0.2, 0) is 26.1 Å². The number of allylic oxidation sites excluding steroid dienone is 4. The summed E-state index contributed by atoms with van der Waals surface area (Å²) >= 11 is 0. The van der Waals surface area contributed by atoms with Gasteiger partial charge in [-0.1, -0.05) is 138 Å². The van der Waals surface area contributed by atoms with Gasteiger partial charge >= 0.3 is 0 Å². The lowest BCUT2D eigenvalue weighted by molar-refractivity contribution is 0.488. The minimum absolute atomic E-state index is 0.0274. The highest BCUT2D eigenvalue weighted by Crippen LogP contribution is 2.39. The molecule has 0 saturated heterocycles. The van der Waals surface area contributed by atoms with Crippen molar-refractivity contribution in [3.63, 3.8) is 0 Å². The second-order valence-corrected chi connectivity index (χ2v) is 21.6. The number of hydrogen-bond acceptors (Lipinski definition) is 4. The molecule has 5 aromatic carbocycles. The number of benzene rings is 5. The summed E-state index contributed by atoms with van der Waals surface area (Å²) in [5, 5.41) is 0. The van der Waals surface area contributed by atoms with Crippen molar-refractivity contribution < 1.29 is 8.42 Å². The normalized spacial score (nSPS) is 13.4. The van der Waals surface area contributed by atoms with E-state index in [0.29, 0.717) is 0 Å². The summed E-state index contributed by atoms with van der Waals surface area (Å²) in [6, 6.07) is 40.5. The van der Waals surface area contributed by atoms with Crippen LogP contribution in [-0.4, -0.2) is 8.42 Å². The molecule has 0 heterocycles. The van der Waals surface area contributed by atoms with Crippen LogP contribution < -0.4 is 9.80 Å². The van der Waals surface area contributed by atoms with E-state index in [1.54, 1.807) is 24.3 Å². The molecule has 5 aromatic rings. The number of nitrogens with zero attached hydrogens (tertiary/aromatic N) is 2. The molecule has 0 aromatic heterocycles. The third-order valence-corrected chi connectivity index (χ3v) is 12.8. The first-order valence-electron chi connectivity index (χ1n) is 20.7. The predicted molar refractivity (Wildman–Crippen MR) is 249 cm³/mol. The van der Waals surface area contributed by atoms with Crippen molar-refractivity contribution in [2.75, 3.05) is 9.80 Å². The fraction of sp³-hybridized carbons (Fsp3) is 0.358. The van der Waals surface area contributed by atoms with Crippen molar-refractivity contribution in [3.05, 3.63) is 161 Å². The van der Waals surface area contributed by atoms with E-state index in [9.17, 15) is 8.42 Å². The fourth-order valence-corrected chi connectivity index (χ4v) is 8.47. The lowest BCUT2D eigenvalue weighted by Crippen LogP contribution is -2.16. The maximum atomic E-state index is 14.2. The molecule has 0 unspecified atom stereocenters. The van der Waals surface area contributed by atoms with E-state index in [0.717, 1.165) is 40.6 Å². The average molecular weight is 795 g/mol. The third kappa shape index (κ3) is 10.2. The summed E-state index contributed by atoms with van der Waals surface area (Å²) in [5.41, 5.74) is 11.1. The Hall–Kier alpha value is -4.87. The van der Waals surface area contributed by atoms with Gasteiger partial charge in [0.25, 0.3) is 0 Å². The van der Waals surface area contributed by atoms with E-state index in [1.165, 1.54) is 22.3 Å². The first-order valence-corrected chi connectivity index (χ1v) is 22.1. The Morgan fingerprint density at radius 2 is 0.759 bits per heavy atom. The molecule has 0 N–H and O–H groups in total. The van der Waals surface area contributed by atoms with E-state index in [1.807, 2.05) is 24.3 Å². The van der Waals surface area contributed by atoms with Crippen molar-refractivity contribution in [1.29, 1.82) is 0 Å². The van der Waals surface area contributed by atoms with Gasteiger partial charge in [0.1, 0.15) is 0 Å². The first kappa shape index (κ1) is 44.2. The Labute approximate surface area is 351 Å². The Kier molecular flexibility index (Phi) is 12.8. The smallest absolute Gasteiger partial charge is 0.206 e. The van der Waals surface area contributed by atoms with Crippen LogP contribution in [0, 0.1) is 5.41 Å². The van der Waals surface area contributed by atoms with Crippen molar-refractivity contribution in [1.82, 2.24) is 0 Å². The fourth-order valence-electron chi connectivity index (χ4n) is 7.21. The van der Waals surface area contributed by atoms with Gasteiger partial charge < -0.3 is 9.80 Å². The van der Waals surface area contributed by atoms with Crippen LogP contribution >= 0.6 is 0 Å². The predicted octanol–water partition coefficient (Wildman–Crippen LogP) is 15.3. The van der Waals surface area contributed by atoms with Gasteiger partial charge in [-0.05, 0) is 143 Å². The van der Waals surface area contributed by atoms with Crippen molar-refractivity contribution in [2.45, 2.75) is 129 Å². The summed E-state index contributed by atoms with van der Waals surface area (Å²) < 4.78 is 28.4. The summed E-state index contributed by atoms with van der Waals surface area (Å²) in [5.74, 6) is 0. The SMILES string of the molecule is CC/C(=C\C=C(/C)N(c1ccc(C(C)(C)C)cc1)c1ccc(S(=O)(=O)c2ccc(N(c3ccc(C(C)(C)C)cc3)c3ccc(C(C)(C)C)cc3)cc2)cc1)C(C)(C)C. The van der Waals surface area contributed by atoms with Crippen LogP contribution in [0.3, 0.4) is 0 Å². The van der Waals surface area contributed by atoms with Gasteiger partial charge in [-0.15, -0.1) is 0 Å². The molecule has 0 saturated carbocycles. The standard InChI is InChI=1S/C53H66N2O2S/c1-15-39(50(3,4)5)17-16-38(2)54(43-24-18-40(19-25-43)51(6,7)8)44-30-34-48(35-31-44)58(56,57)49-36-32-47(33-37-49)55(45-26-20-41(21-27-45)52(9,10)11)46-28-22-42(23-29-46)53(12,13)14/h16-37H,15H2,1-14H3/b38-16+,39-17+. The van der Waals surface area contributed by atoms with Crippen LogP contribution in [0.5, 0.6) is 0 Å². The van der Waals surface area contributed by atoms with Gasteiger partial charge in [-0.3, -0.25) is 0 Å². The zero-order valence-corrected chi connectivity index (χ0v) is 38.3. The van der Waals surface area contributed by atoms with Crippen molar-refractivity contribution >= 4 is 38.3 Å².